The molecule has 0 aliphatic rings. The summed E-state index contributed by atoms with van der Waals surface area (Å²) in [5, 5.41) is 9.33. The highest BCUT2D eigenvalue weighted by Gasteiger charge is 1.96. The van der Waals surface area contributed by atoms with E-state index in [1.54, 1.807) is 0 Å². The molecule has 0 aromatic carbocycles. The highest BCUT2D eigenvalue weighted by molar-refractivity contribution is 7.99. The second kappa shape index (κ2) is 8.07. The van der Waals surface area contributed by atoms with Crippen LogP contribution < -0.4 is 5.32 Å². The number of rotatable bonds is 8. The van der Waals surface area contributed by atoms with Crippen LogP contribution in [0.2, 0.25) is 0 Å². The van der Waals surface area contributed by atoms with Crippen molar-refractivity contribution in [2.24, 2.45) is 5.92 Å². The molecule has 0 radical (unpaired) electrons. The number of hydrogen-bond acceptors (Lipinski definition) is 5. The second-order valence-electron chi connectivity index (χ2n) is 3.90. The van der Waals surface area contributed by atoms with Gasteiger partial charge in [-0.3, -0.25) is 0 Å². The normalized spacial score (nSPS) is 11.1. The lowest BCUT2D eigenvalue weighted by molar-refractivity contribution is 0.665. The Labute approximate surface area is 100 Å². The fraction of sp³-hybridized carbons (Fsp3) is 0.800. The van der Waals surface area contributed by atoms with E-state index in [-0.39, 0.29) is 0 Å². The van der Waals surface area contributed by atoms with Crippen molar-refractivity contribution < 1.29 is 0 Å². The van der Waals surface area contributed by atoms with Crippen molar-refractivity contribution >= 4 is 23.3 Å². The van der Waals surface area contributed by atoms with Crippen LogP contribution in [0.5, 0.6) is 0 Å². The summed E-state index contributed by atoms with van der Waals surface area (Å²) in [6.45, 7) is 6.45. The van der Waals surface area contributed by atoms with Gasteiger partial charge in [-0.05, 0) is 41.9 Å². The smallest absolute Gasteiger partial charge is 0.0893 e. The van der Waals surface area contributed by atoms with Gasteiger partial charge in [0.1, 0.15) is 0 Å². The molecule has 1 heterocycles. The molecule has 0 spiro atoms. The SMILES string of the molecule is CC(C)CSCCCNCc1csnn1. The minimum atomic E-state index is 0.809. The van der Waals surface area contributed by atoms with Gasteiger partial charge >= 0.3 is 0 Å². The molecule has 0 saturated carbocycles. The molecule has 0 atom stereocenters. The van der Waals surface area contributed by atoms with Gasteiger partial charge in [-0.2, -0.15) is 11.8 Å². The highest BCUT2D eigenvalue weighted by Crippen LogP contribution is 2.08. The zero-order valence-corrected chi connectivity index (χ0v) is 11.0. The summed E-state index contributed by atoms with van der Waals surface area (Å²) < 4.78 is 3.82. The molecule has 15 heavy (non-hydrogen) atoms. The molecule has 1 aromatic rings. The van der Waals surface area contributed by atoms with Gasteiger partial charge in [-0.1, -0.05) is 18.3 Å². The van der Waals surface area contributed by atoms with Crippen LogP contribution in [0.3, 0.4) is 0 Å². The van der Waals surface area contributed by atoms with Gasteiger partial charge in [0.05, 0.1) is 5.69 Å². The lowest BCUT2D eigenvalue weighted by atomic mass is 10.3. The average Bonchev–Trinajstić information content (AvgIpc) is 2.68. The van der Waals surface area contributed by atoms with Crippen molar-refractivity contribution in [3.8, 4) is 0 Å². The maximum Gasteiger partial charge on any atom is 0.0893 e. The van der Waals surface area contributed by atoms with Crippen molar-refractivity contribution in [3.63, 3.8) is 0 Å². The van der Waals surface area contributed by atoms with E-state index >= 15 is 0 Å². The van der Waals surface area contributed by atoms with E-state index in [2.05, 4.69) is 28.8 Å². The summed E-state index contributed by atoms with van der Waals surface area (Å²) in [6.07, 6.45) is 1.23. The number of nitrogens with one attached hydrogen (secondary N) is 1. The Bertz CT molecular complexity index is 237. The van der Waals surface area contributed by atoms with E-state index in [0.717, 1.165) is 24.7 Å². The van der Waals surface area contributed by atoms with Crippen molar-refractivity contribution in [2.75, 3.05) is 18.1 Å². The third-order valence-corrected chi connectivity index (χ3v) is 3.84. The first kappa shape index (κ1) is 12.9. The first-order valence-electron chi connectivity index (χ1n) is 5.33. The second-order valence-corrected chi connectivity index (χ2v) is 5.65. The van der Waals surface area contributed by atoms with Crippen LogP contribution in [0.4, 0.5) is 0 Å². The molecule has 0 fully saturated rings. The Hall–Kier alpha value is -0.130. The molecular weight excluding hydrogens is 226 g/mol. The molecule has 1 N–H and O–H groups in total. The van der Waals surface area contributed by atoms with Gasteiger partial charge in [0, 0.05) is 11.9 Å². The van der Waals surface area contributed by atoms with Gasteiger partial charge in [-0.25, -0.2) is 0 Å². The predicted molar refractivity (Wildman–Crippen MR) is 68.4 cm³/mol. The Morgan fingerprint density at radius 2 is 2.40 bits per heavy atom. The van der Waals surface area contributed by atoms with Gasteiger partial charge in [-0.15, -0.1) is 5.10 Å². The first-order chi connectivity index (χ1) is 7.29. The highest BCUT2D eigenvalue weighted by atomic mass is 32.2. The molecule has 3 nitrogen and oxygen atoms in total. The molecular formula is C10H19N3S2. The monoisotopic (exact) mass is 245 g/mol. The van der Waals surface area contributed by atoms with Crippen LogP contribution in [-0.2, 0) is 6.54 Å². The number of nitrogens with zero attached hydrogens (tertiary/aromatic N) is 2. The van der Waals surface area contributed by atoms with Gasteiger partial charge in [0.2, 0.25) is 0 Å². The zero-order chi connectivity index (χ0) is 10.9. The maximum atomic E-state index is 3.97. The lowest BCUT2D eigenvalue weighted by Crippen LogP contribution is -2.15. The largest absolute Gasteiger partial charge is 0.311 e. The third kappa shape index (κ3) is 6.87. The van der Waals surface area contributed by atoms with E-state index in [1.165, 1.54) is 29.5 Å². The van der Waals surface area contributed by atoms with Crippen molar-refractivity contribution in [3.05, 3.63) is 11.1 Å². The van der Waals surface area contributed by atoms with Crippen LogP contribution in [0, 0.1) is 5.92 Å². The van der Waals surface area contributed by atoms with E-state index in [9.17, 15) is 0 Å². The van der Waals surface area contributed by atoms with E-state index in [0.29, 0.717) is 0 Å². The standard InChI is InChI=1S/C10H19N3S2/c1-9(2)7-14-5-3-4-11-6-10-8-15-13-12-10/h8-9,11H,3-7H2,1-2H3. The van der Waals surface area contributed by atoms with Crippen molar-refractivity contribution in [1.29, 1.82) is 0 Å². The molecule has 1 aromatic heterocycles. The summed E-state index contributed by atoms with van der Waals surface area (Å²) in [6, 6.07) is 0. The quantitative estimate of drug-likeness (QED) is 0.714. The molecule has 0 unspecified atom stereocenters. The summed E-state index contributed by atoms with van der Waals surface area (Å²) in [4.78, 5) is 0. The number of hydrogen-bond donors (Lipinski definition) is 1. The maximum absolute atomic E-state index is 3.97. The van der Waals surface area contributed by atoms with E-state index in [1.807, 2.05) is 17.1 Å². The summed E-state index contributed by atoms with van der Waals surface area (Å²) in [5.74, 6) is 3.33. The molecule has 0 saturated heterocycles. The van der Waals surface area contributed by atoms with Gasteiger partial charge < -0.3 is 5.32 Å². The van der Waals surface area contributed by atoms with Crippen LogP contribution >= 0.6 is 23.3 Å². The van der Waals surface area contributed by atoms with Crippen LogP contribution in [0.1, 0.15) is 26.0 Å². The molecule has 0 amide bonds. The minimum absolute atomic E-state index is 0.809. The fourth-order valence-corrected chi connectivity index (χ4v) is 2.53. The molecule has 0 aliphatic heterocycles. The summed E-state index contributed by atoms with van der Waals surface area (Å²) in [5.41, 5.74) is 1.05. The Morgan fingerprint density at radius 1 is 1.53 bits per heavy atom. The molecule has 5 heteroatoms. The molecule has 0 bridgehead atoms. The van der Waals surface area contributed by atoms with E-state index < -0.39 is 0 Å². The van der Waals surface area contributed by atoms with Gasteiger partial charge in [0.25, 0.3) is 0 Å². The Morgan fingerprint density at radius 3 is 3.07 bits per heavy atom. The number of thioether (sulfide) groups is 1. The molecule has 1 rings (SSSR count). The van der Waals surface area contributed by atoms with Crippen molar-refractivity contribution in [1.82, 2.24) is 14.9 Å². The first-order valence-corrected chi connectivity index (χ1v) is 7.32. The van der Waals surface area contributed by atoms with E-state index in [4.69, 9.17) is 0 Å². The molecule has 0 aliphatic carbocycles. The zero-order valence-electron chi connectivity index (χ0n) is 9.40. The molecule has 86 valence electrons. The van der Waals surface area contributed by atoms with Crippen LogP contribution in [-0.4, -0.2) is 27.6 Å². The third-order valence-electron chi connectivity index (χ3n) is 1.80. The Balaban J connectivity index is 1.85. The Kier molecular flexibility index (Phi) is 6.96. The summed E-state index contributed by atoms with van der Waals surface area (Å²) >= 11 is 3.45. The van der Waals surface area contributed by atoms with Crippen LogP contribution in [0.25, 0.3) is 0 Å². The topological polar surface area (TPSA) is 37.8 Å². The summed E-state index contributed by atoms with van der Waals surface area (Å²) in [7, 11) is 0. The van der Waals surface area contributed by atoms with Crippen LogP contribution in [0.15, 0.2) is 5.38 Å². The van der Waals surface area contributed by atoms with Gasteiger partial charge in [0.15, 0.2) is 0 Å². The minimum Gasteiger partial charge on any atom is -0.311 e. The number of aromatic nitrogens is 2. The fourth-order valence-electron chi connectivity index (χ4n) is 1.10. The average molecular weight is 245 g/mol. The lowest BCUT2D eigenvalue weighted by Gasteiger charge is -2.04. The predicted octanol–water partition coefficient (Wildman–Crippen LogP) is 2.41. The van der Waals surface area contributed by atoms with Crippen molar-refractivity contribution in [2.45, 2.75) is 26.8 Å².